The number of phenolic OH excluding ortho intramolecular Hbond substituents is 3. The maximum absolute atomic E-state index is 10.2. The standard InChI is InChI=1S/C28H27NO4/c1-17-5-14-27(32)28(20(17)4)33-24-10-6-21(7-11-24)29(25-12-8-22(30)15-18(25)2)26-13-9-23(31)16-19(26)3/h5-16,30-32H,1-4H3. The number of aromatic hydroxyl groups is 3. The van der Waals surface area contributed by atoms with Crippen molar-refractivity contribution in [2.75, 3.05) is 4.90 Å². The monoisotopic (exact) mass is 441 g/mol. The zero-order valence-electron chi connectivity index (χ0n) is 19.1. The maximum atomic E-state index is 10.2. The van der Waals surface area contributed by atoms with Crippen molar-refractivity contribution in [1.29, 1.82) is 0 Å². The van der Waals surface area contributed by atoms with Gasteiger partial charge in [-0.3, -0.25) is 0 Å². The smallest absolute Gasteiger partial charge is 0.172 e. The van der Waals surface area contributed by atoms with Crippen LogP contribution in [0.25, 0.3) is 0 Å². The van der Waals surface area contributed by atoms with E-state index in [0.717, 1.165) is 39.3 Å². The lowest BCUT2D eigenvalue weighted by molar-refractivity contribution is 0.408. The van der Waals surface area contributed by atoms with Crippen LogP contribution in [0.15, 0.2) is 72.8 Å². The van der Waals surface area contributed by atoms with Gasteiger partial charge in [0.15, 0.2) is 11.5 Å². The fourth-order valence-corrected chi connectivity index (χ4v) is 3.87. The predicted octanol–water partition coefficient (Wildman–Crippen LogP) is 7.30. The van der Waals surface area contributed by atoms with Crippen LogP contribution >= 0.6 is 0 Å². The summed E-state index contributed by atoms with van der Waals surface area (Å²) in [5, 5.41) is 30.1. The van der Waals surface area contributed by atoms with E-state index in [0.29, 0.717) is 11.5 Å². The van der Waals surface area contributed by atoms with E-state index >= 15 is 0 Å². The van der Waals surface area contributed by atoms with Crippen molar-refractivity contribution in [3.8, 4) is 28.7 Å². The third-order valence-electron chi connectivity index (χ3n) is 5.81. The lowest BCUT2D eigenvalue weighted by Crippen LogP contribution is -2.12. The Balaban J connectivity index is 1.76. The van der Waals surface area contributed by atoms with Crippen LogP contribution in [-0.4, -0.2) is 15.3 Å². The normalized spacial score (nSPS) is 10.8. The number of hydrogen-bond acceptors (Lipinski definition) is 5. The van der Waals surface area contributed by atoms with Gasteiger partial charge in [-0.2, -0.15) is 0 Å². The van der Waals surface area contributed by atoms with Gasteiger partial charge in [0.05, 0.1) is 0 Å². The SMILES string of the molecule is Cc1cc(O)ccc1N(c1ccc(Oc2c(O)ccc(C)c2C)cc1)c1ccc(O)cc1C. The molecule has 0 atom stereocenters. The minimum absolute atomic E-state index is 0.100. The summed E-state index contributed by atoms with van der Waals surface area (Å²) in [6, 6.07) is 21.6. The van der Waals surface area contributed by atoms with E-state index in [2.05, 4.69) is 4.90 Å². The lowest BCUT2D eigenvalue weighted by Gasteiger charge is -2.28. The Bertz CT molecular complexity index is 1260. The Labute approximate surface area is 193 Å². The molecule has 0 fully saturated rings. The van der Waals surface area contributed by atoms with Crippen LogP contribution in [0, 0.1) is 27.7 Å². The average molecular weight is 442 g/mol. The molecule has 4 aromatic carbocycles. The summed E-state index contributed by atoms with van der Waals surface area (Å²) in [5.41, 5.74) is 6.43. The predicted molar refractivity (Wildman–Crippen MR) is 132 cm³/mol. The number of aryl methyl sites for hydroxylation is 3. The summed E-state index contributed by atoms with van der Waals surface area (Å²) in [4.78, 5) is 2.07. The van der Waals surface area contributed by atoms with Gasteiger partial charge in [0.25, 0.3) is 0 Å². The molecule has 33 heavy (non-hydrogen) atoms. The van der Waals surface area contributed by atoms with E-state index < -0.39 is 0 Å². The lowest BCUT2D eigenvalue weighted by atomic mass is 10.1. The first-order valence-corrected chi connectivity index (χ1v) is 10.7. The Hall–Kier alpha value is -4.12. The molecule has 0 radical (unpaired) electrons. The van der Waals surface area contributed by atoms with E-state index in [-0.39, 0.29) is 17.2 Å². The highest BCUT2D eigenvalue weighted by Gasteiger charge is 2.18. The second-order valence-corrected chi connectivity index (χ2v) is 8.23. The Morgan fingerprint density at radius 3 is 1.67 bits per heavy atom. The van der Waals surface area contributed by atoms with Crippen molar-refractivity contribution >= 4 is 17.1 Å². The number of nitrogens with zero attached hydrogens (tertiary/aromatic N) is 1. The molecule has 0 unspecified atom stereocenters. The zero-order valence-corrected chi connectivity index (χ0v) is 19.1. The first-order valence-electron chi connectivity index (χ1n) is 10.7. The maximum Gasteiger partial charge on any atom is 0.172 e. The quantitative estimate of drug-likeness (QED) is 0.303. The van der Waals surface area contributed by atoms with E-state index in [1.165, 1.54) is 0 Å². The van der Waals surface area contributed by atoms with Gasteiger partial charge in [0.2, 0.25) is 0 Å². The highest BCUT2D eigenvalue weighted by molar-refractivity contribution is 5.80. The summed E-state index contributed by atoms with van der Waals surface area (Å²) < 4.78 is 6.01. The second kappa shape index (κ2) is 8.79. The minimum atomic E-state index is 0.100. The van der Waals surface area contributed by atoms with Crippen molar-refractivity contribution in [2.45, 2.75) is 27.7 Å². The Kier molecular flexibility index (Phi) is 5.88. The fraction of sp³-hybridized carbons (Fsp3) is 0.143. The number of phenols is 3. The van der Waals surface area contributed by atoms with Crippen molar-refractivity contribution in [3.63, 3.8) is 0 Å². The van der Waals surface area contributed by atoms with Crippen molar-refractivity contribution < 1.29 is 20.1 Å². The first-order chi connectivity index (χ1) is 15.7. The molecule has 0 amide bonds. The molecule has 0 saturated heterocycles. The molecule has 0 saturated carbocycles. The summed E-state index contributed by atoms with van der Waals surface area (Å²) in [5.74, 6) is 1.56. The van der Waals surface area contributed by atoms with Crippen molar-refractivity contribution in [3.05, 3.63) is 95.1 Å². The van der Waals surface area contributed by atoms with Crippen LogP contribution < -0.4 is 9.64 Å². The molecule has 0 aliphatic rings. The highest BCUT2D eigenvalue weighted by atomic mass is 16.5. The first kappa shape index (κ1) is 22.1. The molecule has 5 nitrogen and oxygen atoms in total. The van der Waals surface area contributed by atoms with Crippen molar-refractivity contribution in [1.82, 2.24) is 0 Å². The van der Waals surface area contributed by atoms with Gasteiger partial charge < -0.3 is 25.0 Å². The molecular weight excluding hydrogens is 414 g/mol. The molecule has 0 aromatic heterocycles. The van der Waals surface area contributed by atoms with Crippen LogP contribution in [0.5, 0.6) is 28.7 Å². The van der Waals surface area contributed by atoms with Crippen LogP contribution in [0.3, 0.4) is 0 Å². The van der Waals surface area contributed by atoms with Crippen LogP contribution in [0.4, 0.5) is 17.1 Å². The van der Waals surface area contributed by atoms with Gasteiger partial charge in [-0.1, -0.05) is 6.07 Å². The molecule has 0 aliphatic heterocycles. The van der Waals surface area contributed by atoms with E-state index in [1.807, 2.05) is 70.2 Å². The van der Waals surface area contributed by atoms with Gasteiger partial charge in [-0.05, 0) is 117 Å². The largest absolute Gasteiger partial charge is 0.508 e. The van der Waals surface area contributed by atoms with Gasteiger partial charge in [-0.15, -0.1) is 0 Å². The van der Waals surface area contributed by atoms with Gasteiger partial charge in [0, 0.05) is 17.1 Å². The van der Waals surface area contributed by atoms with Crippen LogP contribution in [0.2, 0.25) is 0 Å². The third kappa shape index (κ3) is 4.44. The Morgan fingerprint density at radius 1 is 0.606 bits per heavy atom. The average Bonchev–Trinajstić information content (AvgIpc) is 2.78. The Morgan fingerprint density at radius 2 is 1.15 bits per heavy atom. The summed E-state index contributed by atoms with van der Waals surface area (Å²) in [7, 11) is 0. The number of rotatable bonds is 5. The molecule has 3 N–H and O–H groups in total. The van der Waals surface area contributed by atoms with E-state index in [4.69, 9.17) is 4.74 Å². The highest BCUT2D eigenvalue weighted by Crippen LogP contribution is 2.41. The fourth-order valence-electron chi connectivity index (χ4n) is 3.87. The molecular formula is C28H27NO4. The number of ether oxygens (including phenoxy) is 1. The summed E-state index contributed by atoms with van der Waals surface area (Å²) in [6.45, 7) is 7.78. The van der Waals surface area contributed by atoms with Crippen LogP contribution in [0.1, 0.15) is 22.3 Å². The molecule has 5 heteroatoms. The number of anilines is 3. The molecule has 0 heterocycles. The third-order valence-corrected chi connectivity index (χ3v) is 5.81. The second-order valence-electron chi connectivity index (χ2n) is 8.23. The molecule has 4 aromatic rings. The molecule has 168 valence electrons. The van der Waals surface area contributed by atoms with Crippen molar-refractivity contribution in [2.24, 2.45) is 0 Å². The van der Waals surface area contributed by atoms with Crippen LogP contribution in [-0.2, 0) is 0 Å². The minimum Gasteiger partial charge on any atom is -0.508 e. The molecule has 4 rings (SSSR count). The summed E-state index contributed by atoms with van der Waals surface area (Å²) >= 11 is 0. The number of hydrogen-bond donors (Lipinski definition) is 3. The van der Waals surface area contributed by atoms with Gasteiger partial charge in [0.1, 0.15) is 17.2 Å². The number of benzene rings is 4. The molecule has 0 spiro atoms. The van der Waals surface area contributed by atoms with Gasteiger partial charge in [-0.25, -0.2) is 0 Å². The van der Waals surface area contributed by atoms with E-state index in [1.54, 1.807) is 30.3 Å². The summed E-state index contributed by atoms with van der Waals surface area (Å²) in [6.07, 6.45) is 0. The van der Waals surface area contributed by atoms with Gasteiger partial charge >= 0.3 is 0 Å². The topological polar surface area (TPSA) is 73.2 Å². The molecule has 0 aliphatic carbocycles. The molecule has 0 bridgehead atoms. The van der Waals surface area contributed by atoms with E-state index in [9.17, 15) is 15.3 Å². The zero-order chi connectivity index (χ0) is 23.7.